The SMILES string of the molecule is c1ccc(-c2ccc(-c3c(N(c4ccc(-c5cccc6c5sc5ccccc56)cc4)c4ccccc4-c4ccccc4)c4ccccc4c4ccccc34)cc2)cc1. The Bertz CT molecular complexity index is 3250. The van der Waals surface area contributed by atoms with Crippen LogP contribution in [0.25, 0.3) is 86.2 Å². The lowest BCUT2D eigenvalue weighted by atomic mass is 9.89. The van der Waals surface area contributed by atoms with Gasteiger partial charge >= 0.3 is 0 Å². The number of benzene rings is 10. The van der Waals surface area contributed by atoms with Crippen molar-refractivity contribution in [1.29, 1.82) is 0 Å². The maximum atomic E-state index is 2.52. The lowest BCUT2D eigenvalue weighted by molar-refractivity contribution is 1.30. The summed E-state index contributed by atoms with van der Waals surface area (Å²) in [5.74, 6) is 0. The molecule has 272 valence electrons. The predicted octanol–water partition coefficient (Wildman–Crippen LogP) is 16.5. The Hall–Kier alpha value is -7.26. The van der Waals surface area contributed by atoms with Crippen LogP contribution in [0.4, 0.5) is 17.1 Å². The molecule has 1 heterocycles. The quantitative estimate of drug-likeness (QED) is 0.146. The summed E-state index contributed by atoms with van der Waals surface area (Å²) in [7, 11) is 0. The van der Waals surface area contributed by atoms with Gasteiger partial charge in [0.1, 0.15) is 0 Å². The Balaban J connectivity index is 1.19. The Morgan fingerprint density at radius 3 is 1.52 bits per heavy atom. The molecule has 0 aliphatic heterocycles. The summed E-state index contributed by atoms with van der Waals surface area (Å²) in [6, 6.07) is 82.0. The molecule has 0 atom stereocenters. The molecule has 0 N–H and O–H groups in total. The molecule has 0 aliphatic rings. The van der Waals surface area contributed by atoms with Crippen LogP contribution in [-0.4, -0.2) is 0 Å². The van der Waals surface area contributed by atoms with E-state index in [-0.39, 0.29) is 0 Å². The molecule has 10 aromatic carbocycles. The van der Waals surface area contributed by atoms with Crippen molar-refractivity contribution >= 4 is 70.1 Å². The van der Waals surface area contributed by atoms with E-state index in [0.717, 1.165) is 17.1 Å². The number of rotatable bonds is 7. The second-order valence-corrected chi connectivity index (χ2v) is 15.9. The zero-order valence-electron chi connectivity index (χ0n) is 31.7. The highest BCUT2D eigenvalue weighted by molar-refractivity contribution is 7.26. The molecule has 2 heteroatoms. The summed E-state index contributed by atoms with van der Waals surface area (Å²) in [6.07, 6.45) is 0. The van der Waals surface area contributed by atoms with Gasteiger partial charge in [-0.3, -0.25) is 0 Å². The minimum absolute atomic E-state index is 1.10. The highest BCUT2D eigenvalue weighted by atomic mass is 32.1. The molecule has 1 nitrogen and oxygen atoms in total. The fourth-order valence-electron chi connectivity index (χ4n) is 8.79. The molecular weight excluding hydrogens is 719 g/mol. The minimum Gasteiger partial charge on any atom is -0.309 e. The molecule has 58 heavy (non-hydrogen) atoms. The first-order chi connectivity index (χ1) is 28.8. The Labute approximate surface area is 342 Å². The van der Waals surface area contributed by atoms with Crippen LogP contribution in [0.2, 0.25) is 0 Å². The second-order valence-electron chi connectivity index (χ2n) is 14.8. The van der Waals surface area contributed by atoms with Gasteiger partial charge in [0, 0.05) is 42.4 Å². The summed E-state index contributed by atoms with van der Waals surface area (Å²) in [5.41, 5.74) is 13.0. The number of para-hydroxylation sites is 1. The minimum atomic E-state index is 1.10. The number of hydrogen-bond acceptors (Lipinski definition) is 2. The van der Waals surface area contributed by atoms with Crippen LogP contribution in [0.1, 0.15) is 0 Å². The van der Waals surface area contributed by atoms with E-state index in [1.165, 1.54) is 86.2 Å². The number of nitrogens with zero attached hydrogens (tertiary/aromatic N) is 1. The van der Waals surface area contributed by atoms with Crippen molar-refractivity contribution in [3.63, 3.8) is 0 Å². The zero-order valence-corrected chi connectivity index (χ0v) is 32.5. The van der Waals surface area contributed by atoms with Gasteiger partial charge in [-0.2, -0.15) is 0 Å². The smallest absolute Gasteiger partial charge is 0.0625 e. The van der Waals surface area contributed by atoms with Crippen molar-refractivity contribution < 1.29 is 0 Å². The first-order valence-electron chi connectivity index (χ1n) is 19.8. The average molecular weight is 756 g/mol. The largest absolute Gasteiger partial charge is 0.309 e. The van der Waals surface area contributed by atoms with Crippen LogP contribution in [-0.2, 0) is 0 Å². The van der Waals surface area contributed by atoms with Gasteiger partial charge in [0.15, 0.2) is 0 Å². The fraction of sp³-hybridized carbons (Fsp3) is 0. The van der Waals surface area contributed by atoms with Crippen molar-refractivity contribution in [3.05, 3.63) is 224 Å². The summed E-state index contributed by atoms with van der Waals surface area (Å²) in [6.45, 7) is 0. The number of anilines is 3. The number of thiophene rings is 1. The van der Waals surface area contributed by atoms with Crippen LogP contribution in [0, 0.1) is 0 Å². The molecule has 0 bridgehead atoms. The average Bonchev–Trinajstić information content (AvgIpc) is 3.69. The van der Waals surface area contributed by atoms with Gasteiger partial charge < -0.3 is 4.90 Å². The fourth-order valence-corrected chi connectivity index (χ4v) is 10.0. The lowest BCUT2D eigenvalue weighted by Crippen LogP contribution is -2.13. The van der Waals surface area contributed by atoms with E-state index in [1.54, 1.807) is 0 Å². The first-order valence-corrected chi connectivity index (χ1v) is 20.7. The standard InChI is InChI=1S/C56H37NS/c1-3-16-38(17-4-1)39-30-32-42(33-31-39)54-49-24-9-7-21-46(49)47-22-8-10-25-50(47)55(54)57(52-28-13-11-20-44(52)40-18-5-2-6-19-40)43-36-34-41(35-37-43)45-26-15-27-51-48-23-12-14-29-53(48)58-56(45)51/h1-37H. The van der Waals surface area contributed by atoms with Crippen molar-refractivity contribution in [2.24, 2.45) is 0 Å². The zero-order chi connectivity index (χ0) is 38.4. The van der Waals surface area contributed by atoms with Crippen molar-refractivity contribution in [1.82, 2.24) is 0 Å². The molecule has 11 aromatic rings. The van der Waals surface area contributed by atoms with E-state index < -0.39 is 0 Å². The maximum Gasteiger partial charge on any atom is 0.0625 e. The maximum absolute atomic E-state index is 2.52. The highest BCUT2D eigenvalue weighted by Gasteiger charge is 2.25. The number of fused-ring (bicyclic) bond motifs is 6. The third kappa shape index (κ3) is 5.77. The van der Waals surface area contributed by atoms with Crippen molar-refractivity contribution in [2.45, 2.75) is 0 Å². The molecule has 11 rings (SSSR count). The van der Waals surface area contributed by atoms with E-state index in [4.69, 9.17) is 0 Å². The lowest BCUT2D eigenvalue weighted by Gasteiger charge is -2.32. The van der Waals surface area contributed by atoms with E-state index >= 15 is 0 Å². The summed E-state index contributed by atoms with van der Waals surface area (Å²) in [5, 5.41) is 7.52. The molecule has 0 saturated heterocycles. The first kappa shape index (κ1) is 34.0. The van der Waals surface area contributed by atoms with E-state index in [9.17, 15) is 0 Å². The summed E-state index contributed by atoms with van der Waals surface area (Å²) < 4.78 is 2.64. The van der Waals surface area contributed by atoms with Gasteiger partial charge in [-0.05, 0) is 73.8 Å². The Kier molecular flexibility index (Phi) is 8.42. The molecule has 0 fully saturated rings. The van der Waals surface area contributed by atoms with Crippen LogP contribution < -0.4 is 4.90 Å². The Morgan fingerprint density at radius 2 is 0.776 bits per heavy atom. The number of hydrogen-bond donors (Lipinski definition) is 0. The summed E-state index contributed by atoms with van der Waals surface area (Å²) in [4.78, 5) is 2.52. The topological polar surface area (TPSA) is 3.24 Å². The van der Waals surface area contributed by atoms with E-state index in [0.29, 0.717) is 0 Å². The van der Waals surface area contributed by atoms with Gasteiger partial charge in [-0.25, -0.2) is 0 Å². The van der Waals surface area contributed by atoms with Gasteiger partial charge in [0.2, 0.25) is 0 Å². The molecule has 0 aliphatic carbocycles. The third-order valence-electron chi connectivity index (χ3n) is 11.5. The van der Waals surface area contributed by atoms with Crippen LogP contribution in [0.15, 0.2) is 224 Å². The normalized spacial score (nSPS) is 11.4. The monoisotopic (exact) mass is 755 g/mol. The summed E-state index contributed by atoms with van der Waals surface area (Å²) >= 11 is 1.88. The molecule has 0 unspecified atom stereocenters. The molecule has 0 saturated carbocycles. The Morgan fingerprint density at radius 1 is 0.293 bits per heavy atom. The van der Waals surface area contributed by atoms with Crippen molar-refractivity contribution in [3.8, 4) is 44.5 Å². The van der Waals surface area contributed by atoms with Crippen molar-refractivity contribution in [2.75, 3.05) is 4.90 Å². The molecular formula is C56H37NS. The second kappa shape index (κ2) is 14.4. The van der Waals surface area contributed by atoms with Crippen LogP contribution >= 0.6 is 11.3 Å². The predicted molar refractivity (Wildman–Crippen MR) is 251 cm³/mol. The third-order valence-corrected chi connectivity index (χ3v) is 12.7. The van der Waals surface area contributed by atoms with Gasteiger partial charge in [0.25, 0.3) is 0 Å². The van der Waals surface area contributed by atoms with Gasteiger partial charge in [-0.15, -0.1) is 11.3 Å². The molecule has 1 aromatic heterocycles. The molecule has 0 spiro atoms. The van der Waals surface area contributed by atoms with Gasteiger partial charge in [-0.1, -0.05) is 200 Å². The molecule has 0 amide bonds. The van der Waals surface area contributed by atoms with Gasteiger partial charge in [0.05, 0.1) is 11.4 Å². The van der Waals surface area contributed by atoms with E-state index in [2.05, 4.69) is 229 Å². The highest BCUT2D eigenvalue weighted by Crippen LogP contribution is 2.51. The van der Waals surface area contributed by atoms with Crippen LogP contribution in [0.5, 0.6) is 0 Å². The molecule has 0 radical (unpaired) electrons. The van der Waals surface area contributed by atoms with E-state index in [1.807, 2.05) is 11.3 Å². The van der Waals surface area contributed by atoms with Crippen LogP contribution in [0.3, 0.4) is 0 Å².